The molecule has 0 bridgehead atoms. The van der Waals surface area contributed by atoms with Crippen molar-refractivity contribution in [3.05, 3.63) is 0 Å². The second-order valence-electron chi connectivity index (χ2n) is 29.8. The number of phosphoric ester groups is 2. The Balaban J connectivity index is 5.19. The second kappa shape index (κ2) is 67.2. The van der Waals surface area contributed by atoms with Crippen LogP contribution < -0.4 is 0 Å². The third kappa shape index (κ3) is 70.9. The summed E-state index contributed by atoms with van der Waals surface area (Å²) in [5.74, 6) is 0.942. The van der Waals surface area contributed by atoms with Crippen LogP contribution in [0.25, 0.3) is 0 Å². The first-order valence-electron chi connectivity index (χ1n) is 40.2. The van der Waals surface area contributed by atoms with Gasteiger partial charge in [0.05, 0.1) is 26.4 Å². The molecular weight excluding hydrogens is 1270 g/mol. The van der Waals surface area contributed by atoms with Crippen LogP contribution in [0.2, 0.25) is 0 Å². The Hall–Kier alpha value is -1.94. The van der Waals surface area contributed by atoms with E-state index in [9.17, 15) is 43.2 Å². The Morgan fingerprint density at radius 1 is 0.289 bits per heavy atom. The Bertz CT molecular complexity index is 1900. The summed E-state index contributed by atoms with van der Waals surface area (Å²) in [4.78, 5) is 72.8. The molecule has 0 aromatic carbocycles. The van der Waals surface area contributed by atoms with Crippen molar-refractivity contribution in [2.75, 3.05) is 39.6 Å². The van der Waals surface area contributed by atoms with E-state index in [4.69, 9.17) is 37.0 Å². The quantitative estimate of drug-likeness (QED) is 0.0222. The van der Waals surface area contributed by atoms with Gasteiger partial charge in [-0.15, -0.1) is 0 Å². The summed E-state index contributed by atoms with van der Waals surface area (Å²) in [6, 6.07) is 0. The SMILES string of the molecule is CCC(C)CCCCCCCCCCCCCCCCCCCCC(=O)O[C@H](COC(=O)CCCCCCCCCCCCCC(C)C)COP(=O)(O)OCC(O)COP(=O)(O)OC[C@@H](COC(=O)CCCCCCCCCCC(C)C)OC(=O)CCCCCCCCCC(C)C. The number of hydrogen-bond donors (Lipinski definition) is 3. The van der Waals surface area contributed by atoms with Gasteiger partial charge in [0.1, 0.15) is 19.3 Å². The first-order valence-corrected chi connectivity index (χ1v) is 43.2. The predicted molar refractivity (Wildman–Crippen MR) is 395 cm³/mol. The van der Waals surface area contributed by atoms with Gasteiger partial charge in [-0.1, -0.05) is 344 Å². The van der Waals surface area contributed by atoms with Crippen molar-refractivity contribution < 1.29 is 80.2 Å². The number of ether oxygens (including phenoxy) is 4. The fourth-order valence-electron chi connectivity index (χ4n) is 11.9. The summed E-state index contributed by atoms with van der Waals surface area (Å²) in [6.07, 6.45) is 52.9. The van der Waals surface area contributed by atoms with E-state index in [1.807, 2.05) is 0 Å². The standard InChI is InChI=1S/C78H152O17P2/c1-9-71(8)57-49-41-33-24-20-16-14-12-10-11-13-15-17-21-26-36-44-52-60-77(82)94-73(64-88-75(80)58-50-42-34-25-22-18-19-23-30-38-46-54-68(2)3)66-92-96(84,85)90-62-72(79)63-91-97(86,87)93-67-74(95-78(83)61-53-45-37-29-32-40-48-56-70(6)7)65-89-76(81)59-51-43-35-28-27-31-39-47-55-69(4)5/h68-74,79H,9-67H2,1-8H3,(H,84,85)(H,86,87)/t71?,72?,73-,74-/m1/s1. The van der Waals surface area contributed by atoms with Crippen molar-refractivity contribution >= 4 is 39.5 Å². The van der Waals surface area contributed by atoms with Gasteiger partial charge >= 0.3 is 39.5 Å². The smallest absolute Gasteiger partial charge is 0.462 e. The monoisotopic (exact) mass is 1420 g/mol. The molecule has 0 saturated carbocycles. The molecule has 0 aromatic rings. The Morgan fingerprint density at radius 3 is 0.732 bits per heavy atom. The Morgan fingerprint density at radius 2 is 0.495 bits per heavy atom. The minimum atomic E-state index is -4.96. The highest BCUT2D eigenvalue weighted by Crippen LogP contribution is 2.45. The summed E-state index contributed by atoms with van der Waals surface area (Å²) < 4.78 is 68.5. The number of carbonyl (C=O) groups excluding carboxylic acids is 4. The number of aliphatic hydroxyl groups is 1. The predicted octanol–water partition coefficient (Wildman–Crippen LogP) is 22.8. The third-order valence-electron chi connectivity index (χ3n) is 18.4. The van der Waals surface area contributed by atoms with Crippen LogP contribution >= 0.6 is 15.6 Å². The van der Waals surface area contributed by atoms with Crippen molar-refractivity contribution in [2.45, 2.75) is 414 Å². The molecule has 0 radical (unpaired) electrons. The summed E-state index contributed by atoms with van der Waals surface area (Å²) >= 11 is 0. The molecule has 0 saturated heterocycles. The maximum absolute atomic E-state index is 13.1. The summed E-state index contributed by atoms with van der Waals surface area (Å²) in [5.41, 5.74) is 0. The van der Waals surface area contributed by atoms with E-state index < -0.39 is 97.5 Å². The van der Waals surface area contributed by atoms with Crippen molar-refractivity contribution in [1.82, 2.24) is 0 Å². The molecule has 576 valence electrons. The molecule has 0 aliphatic carbocycles. The fourth-order valence-corrected chi connectivity index (χ4v) is 13.5. The van der Waals surface area contributed by atoms with E-state index in [0.717, 1.165) is 108 Å². The molecule has 19 heteroatoms. The van der Waals surface area contributed by atoms with E-state index in [-0.39, 0.29) is 25.7 Å². The highest BCUT2D eigenvalue weighted by molar-refractivity contribution is 7.47. The first kappa shape index (κ1) is 95.1. The van der Waals surface area contributed by atoms with Crippen LogP contribution in [0.4, 0.5) is 0 Å². The van der Waals surface area contributed by atoms with Gasteiger partial charge in [-0.3, -0.25) is 37.3 Å². The first-order chi connectivity index (χ1) is 46.6. The minimum Gasteiger partial charge on any atom is -0.462 e. The zero-order valence-electron chi connectivity index (χ0n) is 63.7. The lowest BCUT2D eigenvalue weighted by Crippen LogP contribution is -2.30. The lowest BCUT2D eigenvalue weighted by molar-refractivity contribution is -0.161. The topological polar surface area (TPSA) is 237 Å². The molecule has 0 aliphatic rings. The van der Waals surface area contributed by atoms with E-state index in [1.54, 1.807) is 0 Å². The van der Waals surface area contributed by atoms with Gasteiger partial charge in [0.15, 0.2) is 12.2 Å². The maximum Gasteiger partial charge on any atom is 0.472 e. The van der Waals surface area contributed by atoms with Gasteiger partial charge in [0.2, 0.25) is 0 Å². The zero-order valence-corrected chi connectivity index (χ0v) is 65.5. The number of phosphoric acid groups is 2. The van der Waals surface area contributed by atoms with E-state index in [1.165, 1.54) is 199 Å². The average Bonchev–Trinajstić information content (AvgIpc) is 0.986. The van der Waals surface area contributed by atoms with Gasteiger partial charge < -0.3 is 33.8 Å². The summed E-state index contributed by atoms with van der Waals surface area (Å²) in [7, 11) is -9.91. The van der Waals surface area contributed by atoms with Gasteiger partial charge in [-0.25, -0.2) is 9.13 Å². The normalized spacial score (nSPS) is 14.4. The fraction of sp³-hybridized carbons (Fsp3) is 0.949. The van der Waals surface area contributed by atoms with Crippen LogP contribution in [0, 0.1) is 23.7 Å². The van der Waals surface area contributed by atoms with Gasteiger partial charge in [-0.2, -0.15) is 0 Å². The minimum absolute atomic E-state index is 0.103. The summed E-state index contributed by atoms with van der Waals surface area (Å²) in [6.45, 7) is 14.2. The highest BCUT2D eigenvalue weighted by atomic mass is 31.2. The molecule has 6 atom stereocenters. The van der Waals surface area contributed by atoms with Crippen molar-refractivity contribution in [3.63, 3.8) is 0 Å². The maximum atomic E-state index is 13.1. The number of rotatable bonds is 75. The second-order valence-corrected chi connectivity index (χ2v) is 32.7. The van der Waals surface area contributed by atoms with E-state index >= 15 is 0 Å². The van der Waals surface area contributed by atoms with Crippen molar-refractivity contribution in [3.8, 4) is 0 Å². The Kier molecular flexibility index (Phi) is 65.9. The molecule has 4 unspecified atom stereocenters. The molecule has 97 heavy (non-hydrogen) atoms. The molecular formula is C78H152O17P2. The molecule has 0 rings (SSSR count). The number of esters is 4. The number of carbonyl (C=O) groups is 4. The van der Waals surface area contributed by atoms with Gasteiger partial charge in [0.25, 0.3) is 0 Å². The average molecular weight is 1420 g/mol. The molecule has 0 amide bonds. The van der Waals surface area contributed by atoms with Crippen molar-refractivity contribution in [2.24, 2.45) is 23.7 Å². The summed E-state index contributed by atoms with van der Waals surface area (Å²) in [5, 5.41) is 10.6. The van der Waals surface area contributed by atoms with Crippen LogP contribution in [0.1, 0.15) is 396 Å². The molecule has 0 spiro atoms. The number of hydrogen-bond acceptors (Lipinski definition) is 15. The lowest BCUT2D eigenvalue weighted by atomic mass is 9.99. The van der Waals surface area contributed by atoms with Gasteiger partial charge in [-0.05, 0) is 49.4 Å². The van der Waals surface area contributed by atoms with Crippen molar-refractivity contribution in [1.29, 1.82) is 0 Å². The lowest BCUT2D eigenvalue weighted by Gasteiger charge is -2.21. The third-order valence-corrected chi connectivity index (χ3v) is 20.3. The molecule has 0 aliphatic heterocycles. The molecule has 0 fully saturated rings. The molecule has 3 N–H and O–H groups in total. The van der Waals surface area contributed by atoms with E-state index in [0.29, 0.717) is 31.6 Å². The zero-order chi connectivity index (χ0) is 71.7. The highest BCUT2D eigenvalue weighted by Gasteiger charge is 2.30. The number of aliphatic hydroxyl groups excluding tert-OH is 1. The van der Waals surface area contributed by atoms with E-state index in [2.05, 4.69) is 55.4 Å². The molecule has 0 aromatic heterocycles. The van der Waals surface area contributed by atoms with Gasteiger partial charge in [0, 0.05) is 25.7 Å². The number of unbranched alkanes of at least 4 members (excludes halogenated alkanes) is 40. The molecule has 0 heterocycles. The van der Waals surface area contributed by atoms with Crippen LogP contribution in [-0.4, -0.2) is 96.7 Å². The largest absolute Gasteiger partial charge is 0.472 e. The Labute approximate surface area is 594 Å². The van der Waals surface area contributed by atoms with Crippen LogP contribution in [0.3, 0.4) is 0 Å². The van der Waals surface area contributed by atoms with Crippen LogP contribution in [0.15, 0.2) is 0 Å². The molecule has 17 nitrogen and oxygen atoms in total. The van der Waals surface area contributed by atoms with Crippen LogP contribution in [0.5, 0.6) is 0 Å². The van der Waals surface area contributed by atoms with Crippen LogP contribution in [-0.2, 0) is 65.4 Å².